The summed E-state index contributed by atoms with van der Waals surface area (Å²) in [5.41, 5.74) is 0.849. The summed E-state index contributed by atoms with van der Waals surface area (Å²) in [6.45, 7) is 3.70. The van der Waals surface area contributed by atoms with Crippen LogP contribution in [0.15, 0.2) is 77.7 Å². The third-order valence-corrected chi connectivity index (χ3v) is 7.30. The predicted molar refractivity (Wildman–Crippen MR) is 129 cm³/mol. The molecule has 174 valence electrons. The van der Waals surface area contributed by atoms with Gasteiger partial charge in [0.1, 0.15) is 6.04 Å². The standard InChI is InChI=1S/C25H29N3O4S/c1-4-26-25(30)19(2)28(17-20-10-6-5-7-11-20)24(29)18-27(3)33(31,32)23-15-14-21-12-8-9-13-22(21)16-23/h5-16,19H,4,17-18H2,1-3H3,(H,26,30)/t19-/m1/s1. The van der Waals surface area contributed by atoms with E-state index in [-0.39, 0.29) is 23.9 Å². The van der Waals surface area contributed by atoms with Gasteiger partial charge in [-0.25, -0.2) is 8.42 Å². The number of hydrogen-bond acceptors (Lipinski definition) is 4. The van der Waals surface area contributed by atoms with Crippen LogP contribution >= 0.6 is 0 Å². The van der Waals surface area contributed by atoms with E-state index in [2.05, 4.69) is 5.32 Å². The van der Waals surface area contributed by atoms with Crippen LogP contribution in [0, 0.1) is 0 Å². The molecule has 0 unspecified atom stereocenters. The Morgan fingerprint density at radius 1 is 0.939 bits per heavy atom. The highest BCUT2D eigenvalue weighted by molar-refractivity contribution is 7.89. The van der Waals surface area contributed by atoms with Gasteiger partial charge < -0.3 is 10.2 Å². The van der Waals surface area contributed by atoms with Crippen LogP contribution in [0.2, 0.25) is 0 Å². The number of amides is 2. The number of likely N-dealkylation sites (N-methyl/N-ethyl adjacent to an activating group) is 2. The number of nitrogens with zero attached hydrogens (tertiary/aromatic N) is 2. The largest absolute Gasteiger partial charge is 0.355 e. The average molecular weight is 468 g/mol. The normalized spacial score (nSPS) is 12.5. The van der Waals surface area contributed by atoms with Gasteiger partial charge in [-0.3, -0.25) is 9.59 Å². The minimum Gasteiger partial charge on any atom is -0.355 e. The third kappa shape index (κ3) is 5.77. The van der Waals surface area contributed by atoms with Crippen molar-refractivity contribution in [2.24, 2.45) is 0 Å². The smallest absolute Gasteiger partial charge is 0.243 e. The molecule has 2 amide bonds. The first-order chi connectivity index (χ1) is 15.7. The Bertz CT molecular complexity index is 1230. The van der Waals surface area contributed by atoms with Crippen molar-refractivity contribution >= 4 is 32.6 Å². The minimum atomic E-state index is -3.90. The van der Waals surface area contributed by atoms with Crippen LogP contribution in [-0.4, -0.2) is 55.6 Å². The van der Waals surface area contributed by atoms with Crippen molar-refractivity contribution in [3.05, 3.63) is 78.4 Å². The lowest BCUT2D eigenvalue weighted by atomic mass is 10.1. The van der Waals surface area contributed by atoms with E-state index in [9.17, 15) is 18.0 Å². The van der Waals surface area contributed by atoms with Crippen molar-refractivity contribution < 1.29 is 18.0 Å². The summed E-state index contributed by atoms with van der Waals surface area (Å²) < 4.78 is 27.4. The van der Waals surface area contributed by atoms with E-state index >= 15 is 0 Å². The molecule has 0 aliphatic heterocycles. The molecule has 0 spiro atoms. The molecule has 1 N–H and O–H groups in total. The molecule has 0 aliphatic carbocycles. The maximum Gasteiger partial charge on any atom is 0.243 e. The molecule has 0 heterocycles. The van der Waals surface area contributed by atoms with Crippen LogP contribution < -0.4 is 5.32 Å². The Labute approximate surface area is 195 Å². The lowest BCUT2D eigenvalue weighted by Gasteiger charge is -2.30. The predicted octanol–water partition coefficient (Wildman–Crippen LogP) is 3.01. The van der Waals surface area contributed by atoms with Gasteiger partial charge in [-0.1, -0.05) is 60.7 Å². The summed E-state index contributed by atoms with van der Waals surface area (Å²) in [4.78, 5) is 27.2. The van der Waals surface area contributed by atoms with E-state index in [0.717, 1.165) is 20.6 Å². The average Bonchev–Trinajstić information content (AvgIpc) is 2.82. The van der Waals surface area contributed by atoms with Gasteiger partial charge in [-0.15, -0.1) is 0 Å². The first-order valence-electron chi connectivity index (χ1n) is 10.8. The number of benzene rings is 3. The third-order valence-electron chi connectivity index (χ3n) is 5.50. The number of carbonyl (C=O) groups is 2. The first-order valence-corrected chi connectivity index (χ1v) is 12.2. The second kappa shape index (κ2) is 10.6. The molecule has 1 atom stereocenters. The van der Waals surface area contributed by atoms with Crippen molar-refractivity contribution in [3.63, 3.8) is 0 Å². The van der Waals surface area contributed by atoms with Crippen molar-refractivity contribution in [2.75, 3.05) is 20.1 Å². The van der Waals surface area contributed by atoms with E-state index in [1.807, 2.05) is 54.6 Å². The SMILES string of the molecule is CCNC(=O)[C@@H](C)N(Cc1ccccc1)C(=O)CN(C)S(=O)(=O)c1ccc2ccccc2c1. The van der Waals surface area contributed by atoms with Crippen LogP contribution in [0.4, 0.5) is 0 Å². The van der Waals surface area contributed by atoms with E-state index in [4.69, 9.17) is 0 Å². The van der Waals surface area contributed by atoms with Gasteiger partial charge in [-0.05, 0) is 42.3 Å². The van der Waals surface area contributed by atoms with Crippen molar-refractivity contribution in [2.45, 2.75) is 31.3 Å². The molecular weight excluding hydrogens is 438 g/mol. The summed E-state index contributed by atoms with van der Waals surface area (Å²) in [6.07, 6.45) is 0. The fraction of sp³-hybridized carbons (Fsp3) is 0.280. The zero-order valence-corrected chi connectivity index (χ0v) is 19.9. The van der Waals surface area contributed by atoms with Crippen LogP contribution in [0.1, 0.15) is 19.4 Å². The summed E-state index contributed by atoms with van der Waals surface area (Å²) in [5, 5.41) is 4.46. The van der Waals surface area contributed by atoms with Gasteiger partial charge in [0, 0.05) is 20.1 Å². The Morgan fingerprint density at radius 2 is 1.58 bits per heavy atom. The molecule has 0 radical (unpaired) electrons. The van der Waals surface area contributed by atoms with Crippen molar-refractivity contribution in [1.82, 2.24) is 14.5 Å². The quantitative estimate of drug-likeness (QED) is 0.524. The van der Waals surface area contributed by atoms with E-state index in [1.54, 1.807) is 26.0 Å². The number of nitrogens with one attached hydrogen (secondary N) is 1. The summed E-state index contributed by atoms with van der Waals surface area (Å²) in [5.74, 6) is -0.744. The number of hydrogen-bond donors (Lipinski definition) is 1. The number of fused-ring (bicyclic) bond motifs is 1. The Kier molecular flexibility index (Phi) is 7.84. The second-order valence-corrected chi connectivity index (χ2v) is 9.89. The highest BCUT2D eigenvalue weighted by Gasteiger charge is 2.30. The fourth-order valence-electron chi connectivity index (χ4n) is 3.56. The monoisotopic (exact) mass is 467 g/mol. The number of sulfonamides is 1. The molecule has 3 aromatic rings. The van der Waals surface area contributed by atoms with Gasteiger partial charge in [0.15, 0.2) is 0 Å². The number of rotatable bonds is 9. The van der Waals surface area contributed by atoms with Crippen LogP contribution in [0.25, 0.3) is 10.8 Å². The summed E-state index contributed by atoms with van der Waals surface area (Å²) in [7, 11) is -2.53. The molecule has 0 aromatic heterocycles. The molecule has 8 heteroatoms. The number of carbonyl (C=O) groups excluding carboxylic acids is 2. The van der Waals surface area contributed by atoms with Crippen LogP contribution in [-0.2, 0) is 26.2 Å². The highest BCUT2D eigenvalue weighted by atomic mass is 32.2. The summed E-state index contributed by atoms with van der Waals surface area (Å²) in [6, 6.07) is 20.9. The van der Waals surface area contributed by atoms with Gasteiger partial charge in [0.2, 0.25) is 21.8 Å². The van der Waals surface area contributed by atoms with E-state index in [0.29, 0.717) is 6.54 Å². The Hall–Kier alpha value is -3.23. The molecule has 33 heavy (non-hydrogen) atoms. The first kappa shape index (κ1) is 24.4. The molecule has 7 nitrogen and oxygen atoms in total. The molecule has 0 bridgehead atoms. The Morgan fingerprint density at radius 3 is 2.24 bits per heavy atom. The fourth-order valence-corrected chi connectivity index (χ4v) is 4.71. The van der Waals surface area contributed by atoms with Gasteiger partial charge >= 0.3 is 0 Å². The molecule has 0 fully saturated rings. The van der Waals surface area contributed by atoms with Crippen LogP contribution in [0.3, 0.4) is 0 Å². The maximum absolute atomic E-state index is 13.2. The zero-order chi connectivity index (χ0) is 24.0. The molecule has 3 aromatic carbocycles. The van der Waals surface area contributed by atoms with E-state index < -0.39 is 22.0 Å². The van der Waals surface area contributed by atoms with Crippen molar-refractivity contribution in [3.8, 4) is 0 Å². The lowest BCUT2D eigenvalue weighted by molar-refractivity contribution is -0.140. The van der Waals surface area contributed by atoms with Gasteiger partial charge in [0.25, 0.3) is 0 Å². The topological polar surface area (TPSA) is 86.8 Å². The maximum atomic E-state index is 13.2. The molecular formula is C25H29N3O4S. The lowest BCUT2D eigenvalue weighted by Crippen LogP contribution is -2.50. The van der Waals surface area contributed by atoms with Gasteiger partial charge in [-0.2, -0.15) is 4.31 Å². The van der Waals surface area contributed by atoms with E-state index in [1.165, 1.54) is 18.0 Å². The Balaban J connectivity index is 1.83. The van der Waals surface area contributed by atoms with Gasteiger partial charge in [0.05, 0.1) is 11.4 Å². The molecule has 0 aliphatic rings. The highest BCUT2D eigenvalue weighted by Crippen LogP contribution is 2.21. The molecule has 0 saturated carbocycles. The summed E-state index contributed by atoms with van der Waals surface area (Å²) >= 11 is 0. The minimum absolute atomic E-state index is 0.114. The van der Waals surface area contributed by atoms with Crippen molar-refractivity contribution in [1.29, 1.82) is 0 Å². The molecule has 0 saturated heterocycles. The zero-order valence-electron chi connectivity index (χ0n) is 19.1. The second-order valence-electron chi connectivity index (χ2n) is 7.85. The van der Waals surface area contributed by atoms with Crippen LogP contribution in [0.5, 0.6) is 0 Å². The molecule has 3 rings (SSSR count).